The second kappa shape index (κ2) is 7.33. The Morgan fingerprint density at radius 1 is 1.03 bits per heavy atom. The molecule has 0 aliphatic carbocycles. The Morgan fingerprint density at radius 3 is 2.41 bits per heavy atom. The lowest BCUT2D eigenvalue weighted by atomic mass is 9.92. The van der Waals surface area contributed by atoms with Gasteiger partial charge in [-0.2, -0.15) is 0 Å². The van der Waals surface area contributed by atoms with E-state index in [2.05, 4.69) is 15.5 Å². The second-order valence-electron chi connectivity index (χ2n) is 6.58. The van der Waals surface area contributed by atoms with Crippen molar-refractivity contribution in [1.29, 1.82) is 0 Å². The van der Waals surface area contributed by atoms with Gasteiger partial charge in [-0.3, -0.25) is 9.69 Å². The number of rotatable bonds is 4. The SMILES string of the molecule is CC1(c2ccc(Cl)cc2)NC(=O)N(Cc2nnc(-c3ccc(Cl)cc3Cl)o2)C1=O. The van der Waals surface area contributed by atoms with E-state index in [0.29, 0.717) is 26.2 Å². The van der Waals surface area contributed by atoms with Crippen LogP contribution in [-0.2, 0) is 16.9 Å². The zero-order chi connectivity index (χ0) is 20.8. The van der Waals surface area contributed by atoms with Crippen LogP contribution >= 0.6 is 34.8 Å². The molecule has 2 aromatic carbocycles. The van der Waals surface area contributed by atoms with Crippen LogP contribution in [0.4, 0.5) is 4.79 Å². The van der Waals surface area contributed by atoms with Gasteiger partial charge in [-0.1, -0.05) is 46.9 Å². The van der Waals surface area contributed by atoms with E-state index in [4.69, 9.17) is 39.2 Å². The molecule has 1 aromatic heterocycles. The first kappa shape index (κ1) is 19.7. The van der Waals surface area contributed by atoms with E-state index in [1.807, 2.05) is 0 Å². The average molecular weight is 452 g/mol. The first-order valence-corrected chi connectivity index (χ1v) is 9.59. The molecule has 3 aromatic rings. The molecule has 3 amide bonds. The summed E-state index contributed by atoms with van der Waals surface area (Å²) in [6.07, 6.45) is 0. The van der Waals surface area contributed by atoms with Crippen molar-refractivity contribution in [2.75, 3.05) is 0 Å². The van der Waals surface area contributed by atoms with Gasteiger partial charge >= 0.3 is 6.03 Å². The number of nitrogens with zero attached hydrogens (tertiary/aromatic N) is 3. The minimum atomic E-state index is -1.22. The fraction of sp³-hybridized carbons (Fsp3) is 0.158. The van der Waals surface area contributed by atoms with Crippen molar-refractivity contribution in [2.24, 2.45) is 0 Å². The maximum atomic E-state index is 13.0. The quantitative estimate of drug-likeness (QED) is 0.583. The van der Waals surface area contributed by atoms with Crippen molar-refractivity contribution < 1.29 is 14.0 Å². The number of hydrogen-bond acceptors (Lipinski definition) is 5. The molecule has 1 fully saturated rings. The lowest BCUT2D eigenvalue weighted by Gasteiger charge is -2.22. The molecule has 0 spiro atoms. The van der Waals surface area contributed by atoms with Crippen molar-refractivity contribution in [3.05, 3.63) is 69.0 Å². The zero-order valence-electron chi connectivity index (χ0n) is 14.9. The number of benzene rings is 2. The molecule has 1 aliphatic rings. The predicted molar refractivity (Wildman–Crippen MR) is 108 cm³/mol. The summed E-state index contributed by atoms with van der Waals surface area (Å²) in [7, 11) is 0. The monoisotopic (exact) mass is 450 g/mol. The van der Waals surface area contributed by atoms with Crippen LogP contribution in [0.15, 0.2) is 46.9 Å². The number of urea groups is 1. The molecule has 10 heteroatoms. The lowest BCUT2D eigenvalue weighted by Crippen LogP contribution is -2.40. The topological polar surface area (TPSA) is 88.3 Å². The third-order valence-electron chi connectivity index (χ3n) is 4.62. The van der Waals surface area contributed by atoms with Gasteiger partial charge in [0, 0.05) is 10.0 Å². The van der Waals surface area contributed by atoms with Gasteiger partial charge in [0.2, 0.25) is 11.8 Å². The van der Waals surface area contributed by atoms with Crippen molar-refractivity contribution in [3.63, 3.8) is 0 Å². The third kappa shape index (κ3) is 3.57. The van der Waals surface area contributed by atoms with Crippen molar-refractivity contribution in [1.82, 2.24) is 20.4 Å². The minimum absolute atomic E-state index is 0.0925. The number of nitrogens with one attached hydrogen (secondary N) is 1. The summed E-state index contributed by atoms with van der Waals surface area (Å²) in [6, 6.07) is 11.0. The summed E-state index contributed by atoms with van der Waals surface area (Å²) in [6.45, 7) is 1.45. The Labute approximate surface area is 180 Å². The second-order valence-corrected chi connectivity index (χ2v) is 7.86. The first-order chi connectivity index (χ1) is 13.8. The van der Waals surface area contributed by atoms with Gasteiger partial charge in [0.05, 0.1) is 10.6 Å². The Hall–Kier alpha value is -2.61. The van der Waals surface area contributed by atoms with Gasteiger partial charge in [0.1, 0.15) is 12.1 Å². The van der Waals surface area contributed by atoms with Crippen LogP contribution in [0.5, 0.6) is 0 Å². The van der Waals surface area contributed by atoms with Gasteiger partial charge in [0.25, 0.3) is 5.91 Å². The molecule has 4 rings (SSSR count). The van der Waals surface area contributed by atoms with Crippen molar-refractivity contribution >= 4 is 46.7 Å². The van der Waals surface area contributed by atoms with Crippen molar-refractivity contribution in [3.8, 4) is 11.5 Å². The van der Waals surface area contributed by atoms with Gasteiger partial charge < -0.3 is 9.73 Å². The summed E-state index contributed by atoms with van der Waals surface area (Å²) < 4.78 is 5.60. The van der Waals surface area contributed by atoms with Crippen LogP contribution in [0.2, 0.25) is 15.1 Å². The fourth-order valence-electron chi connectivity index (χ4n) is 3.04. The van der Waals surface area contributed by atoms with Gasteiger partial charge in [0.15, 0.2) is 0 Å². The Bertz CT molecular complexity index is 1120. The standard InChI is InChI=1S/C19H13Cl3N4O3/c1-19(10-2-4-11(20)5-3-10)17(27)26(18(28)23-19)9-15-24-25-16(29-15)13-7-6-12(21)8-14(13)22/h2-8H,9H2,1H3,(H,23,28). The molecule has 1 aliphatic heterocycles. The van der Waals surface area contributed by atoms with E-state index in [1.54, 1.807) is 49.4 Å². The number of carbonyl (C=O) groups excluding carboxylic acids is 2. The summed E-state index contributed by atoms with van der Waals surface area (Å²) in [5.74, 6) is -0.182. The number of imide groups is 1. The van der Waals surface area contributed by atoms with Crippen LogP contribution in [0, 0.1) is 0 Å². The van der Waals surface area contributed by atoms with Gasteiger partial charge in [-0.25, -0.2) is 4.79 Å². The van der Waals surface area contributed by atoms with E-state index < -0.39 is 17.5 Å². The molecule has 1 N–H and O–H groups in total. The summed E-state index contributed by atoms with van der Waals surface area (Å²) in [4.78, 5) is 26.5. The summed E-state index contributed by atoms with van der Waals surface area (Å²) in [5, 5.41) is 11.9. The highest BCUT2D eigenvalue weighted by Gasteiger charge is 2.49. The molecule has 1 unspecified atom stereocenters. The van der Waals surface area contributed by atoms with E-state index in [1.165, 1.54) is 0 Å². The van der Waals surface area contributed by atoms with E-state index in [9.17, 15) is 9.59 Å². The van der Waals surface area contributed by atoms with Gasteiger partial charge in [-0.15, -0.1) is 10.2 Å². The number of aromatic nitrogens is 2. The maximum absolute atomic E-state index is 13.0. The molecular weight excluding hydrogens is 439 g/mol. The highest BCUT2D eigenvalue weighted by atomic mass is 35.5. The minimum Gasteiger partial charge on any atom is -0.419 e. The third-order valence-corrected chi connectivity index (χ3v) is 5.42. The lowest BCUT2D eigenvalue weighted by molar-refractivity contribution is -0.131. The Morgan fingerprint density at radius 2 is 1.72 bits per heavy atom. The first-order valence-electron chi connectivity index (χ1n) is 8.46. The van der Waals surface area contributed by atoms with Crippen LogP contribution in [0.1, 0.15) is 18.4 Å². The number of carbonyl (C=O) groups is 2. The fourth-order valence-corrected chi connectivity index (χ4v) is 3.66. The van der Waals surface area contributed by atoms with Gasteiger partial charge in [-0.05, 0) is 42.8 Å². The maximum Gasteiger partial charge on any atom is 0.325 e. The number of amides is 3. The normalized spacial score (nSPS) is 19.0. The number of hydrogen-bond donors (Lipinski definition) is 1. The van der Waals surface area contributed by atoms with E-state index in [0.717, 1.165) is 4.90 Å². The molecule has 1 atom stereocenters. The molecule has 29 heavy (non-hydrogen) atoms. The largest absolute Gasteiger partial charge is 0.419 e. The highest BCUT2D eigenvalue weighted by molar-refractivity contribution is 6.36. The smallest absolute Gasteiger partial charge is 0.325 e. The molecule has 148 valence electrons. The number of halogens is 3. The summed E-state index contributed by atoms with van der Waals surface area (Å²) in [5.41, 5.74) is -0.107. The van der Waals surface area contributed by atoms with Crippen LogP contribution in [-0.4, -0.2) is 27.0 Å². The molecule has 0 bridgehead atoms. The molecule has 0 radical (unpaired) electrons. The average Bonchev–Trinajstić information content (AvgIpc) is 3.21. The Balaban J connectivity index is 1.57. The molecule has 7 nitrogen and oxygen atoms in total. The van der Waals surface area contributed by atoms with E-state index in [-0.39, 0.29) is 18.3 Å². The zero-order valence-corrected chi connectivity index (χ0v) is 17.2. The predicted octanol–water partition coefficient (Wildman–Crippen LogP) is 4.66. The Kier molecular flexibility index (Phi) is 4.98. The summed E-state index contributed by atoms with van der Waals surface area (Å²) >= 11 is 18.0. The van der Waals surface area contributed by atoms with E-state index >= 15 is 0 Å². The van der Waals surface area contributed by atoms with Crippen LogP contribution in [0.3, 0.4) is 0 Å². The van der Waals surface area contributed by atoms with Crippen molar-refractivity contribution in [2.45, 2.75) is 19.0 Å². The molecule has 0 saturated carbocycles. The van der Waals surface area contributed by atoms with Crippen LogP contribution in [0.25, 0.3) is 11.5 Å². The molecule has 2 heterocycles. The van der Waals surface area contributed by atoms with Crippen LogP contribution < -0.4 is 5.32 Å². The highest BCUT2D eigenvalue weighted by Crippen LogP contribution is 2.32. The molecular formula is C19H13Cl3N4O3. The molecule has 1 saturated heterocycles.